The van der Waals surface area contributed by atoms with E-state index < -0.39 is 17.8 Å². The Morgan fingerprint density at radius 2 is 1.89 bits per heavy atom. The maximum atomic E-state index is 12.2. The fraction of sp³-hybridized carbons (Fsp3) is 0.0526. The molecule has 0 aliphatic carbocycles. The fourth-order valence-electron chi connectivity index (χ4n) is 2.06. The third-order valence-corrected chi connectivity index (χ3v) is 3.30. The van der Waals surface area contributed by atoms with E-state index in [0.29, 0.717) is 11.3 Å². The minimum atomic E-state index is -1.12. The number of amides is 2. The van der Waals surface area contributed by atoms with Gasteiger partial charge in [0.1, 0.15) is 17.4 Å². The van der Waals surface area contributed by atoms with E-state index in [-0.39, 0.29) is 23.4 Å². The standard InChI is InChI=1S/C19H15N3O5/c20-10-14(8-12-4-6-16(7-5-12)27-11-17(21)23)18(24)22-15-3-1-2-13(9-15)19(25)26/h1-9H,11H2,(H2,21,23)(H,22,24)(H,25,26). The summed E-state index contributed by atoms with van der Waals surface area (Å²) in [5.41, 5.74) is 5.66. The molecule has 0 aromatic heterocycles. The Balaban J connectivity index is 2.12. The van der Waals surface area contributed by atoms with E-state index in [1.54, 1.807) is 30.3 Å². The highest BCUT2D eigenvalue weighted by molar-refractivity contribution is 6.10. The van der Waals surface area contributed by atoms with Gasteiger partial charge in [-0.1, -0.05) is 18.2 Å². The summed E-state index contributed by atoms with van der Waals surface area (Å²) in [5.74, 6) is -1.98. The van der Waals surface area contributed by atoms with Crippen molar-refractivity contribution in [2.24, 2.45) is 5.73 Å². The molecular formula is C19H15N3O5. The first kappa shape index (κ1) is 19.2. The van der Waals surface area contributed by atoms with Crippen LogP contribution in [0.1, 0.15) is 15.9 Å². The van der Waals surface area contributed by atoms with Crippen molar-refractivity contribution in [2.75, 3.05) is 11.9 Å². The van der Waals surface area contributed by atoms with Gasteiger partial charge >= 0.3 is 5.97 Å². The van der Waals surface area contributed by atoms with Crippen molar-refractivity contribution < 1.29 is 24.2 Å². The van der Waals surface area contributed by atoms with Gasteiger partial charge in [0, 0.05) is 5.69 Å². The molecule has 0 atom stereocenters. The van der Waals surface area contributed by atoms with Gasteiger partial charge in [-0.2, -0.15) is 5.26 Å². The predicted octanol–water partition coefficient (Wildman–Crippen LogP) is 1.79. The normalized spacial score (nSPS) is 10.6. The molecule has 8 heteroatoms. The van der Waals surface area contributed by atoms with Crippen LogP contribution in [0.15, 0.2) is 54.1 Å². The topological polar surface area (TPSA) is 143 Å². The molecule has 0 aliphatic rings. The summed E-state index contributed by atoms with van der Waals surface area (Å²) in [6.45, 7) is -0.254. The summed E-state index contributed by atoms with van der Waals surface area (Å²) in [6, 6.07) is 13.8. The van der Waals surface area contributed by atoms with E-state index in [1.165, 1.54) is 30.3 Å². The lowest BCUT2D eigenvalue weighted by Crippen LogP contribution is -2.19. The van der Waals surface area contributed by atoms with Gasteiger partial charge in [0.25, 0.3) is 11.8 Å². The van der Waals surface area contributed by atoms with Crippen LogP contribution in [0.3, 0.4) is 0 Å². The van der Waals surface area contributed by atoms with Crippen LogP contribution in [0, 0.1) is 11.3 Å². The number of primary amides is 1. The molecule has 0 heterocycles. The third kappa shape index (κ3) is 5.72. The second-order valence-corrected chi connectivity index (χ2v) is 5.33. The summed E-state index contributed by atoms with van der Waals surface area (Å²) in [4.78, 5) is 33.9. The number of carbonyl (C=O) groups is 3. The lowest BCUT2D eigenvalue weighted by Gasteiger charge is -2.06. The molecule has 0 fully saturated rings. The average molecular weight is 365 g/mol. The van der Waals surface area contributed by atoms with Crippen LogP contribution in [0.4, 0.5) is 5.69 Å². The van der Waals surface area contributed by atoms with E-state index >= 15 is 0 Å². The second kappa shape index (κ2) is 8.82. The minimum Gasteiger partial charge on any atom is -0.484 e. The SMILES string of the molecule is N#CC(=Cc1ccc(OCC(N)=O)cc1)C(=O)Nc1cccc(C(=O)O)c1. The number of carbonyl (C=O) groups excluding carboxylic acids is 2. The first-order chi connectivity index (χ1) is 12.9. The van der Waals surface area contributed by atoms with Gasteiger partial charge in [0.15, 0.2) is 6.61 Å². The van der Waals surface area contributed by atoms with Crippen molar-refractivity contribution in [1.29, 1.82) is 5.26 Å². The summed E-state index contributed by atoms with van der Waals surface area (Å²) >= 11 is 0. The molecule has 4 N–H and O–H groups in total. The molecule has 0 saturated carbocycles. The van der Waals surface area contributed by atoms with Crippen molar-refractivity contribution >= 4 is 29.5 Å². The van der Waals surface area contributed by atoms with Crippen LogP contribution in [-0.4, -0.2) is 29.5 Å². The van der Waals surface area contributed by atoms with Gasteiger partial charge in [-0.05, 0) is 42.0 Å². The van der Waals surface area contributed by atoms with Crippen LogP contribution in [-0.2, 0) is 9.59 Å². The van der Waals surface area contributed by atoms with Crippen LogP contribution in [0.2, 0.25) is 0 Å². The molecular weight excluding hydrogens is 350 g/mol. The summed E-state index contributed by atoms with van der Waals surface area (Å²) in [7, 11) is 0. The molecule has 0 radical (unpaired) electrons. The van der Waals surface area contributed by atoms with Crippen LogP contribution < -0.4 is 15.8 Å². The Bertz CT molecular complexity index is 943. The Morgan fingerprint density at radius 3 is 2.48 bits per heavy atom. The first-order valence-corrected chi connectivity index (χ1v) is 7.66. The van der Waals surface area contributed by atoms with Gasteiger partial charge in [-0.3, -0.25) is 9.59 Å². The molecule has 8 nitrogen and oxygen atoms in total. The van der Waals surface area contributed by atoms with Gasteiger partial charge in [0.05, 0.1) is 5.56 Å². The first-order valence-electron chi connectivity index (χ1n) is 7.66. The highest BCUT2D eigenvalue weighted by Gasteiger charge is 2.11. The molecule has 2 aromatic rings. The monoisotopic (exact) mass is 365 g/mol. The van der Waals surface area contributed by atoms with Crippen molar-refractivity contribution in [2.45, 2.75) is 0 Å². The lowest BCUT2D eigenvalue weighted by molar-refractivity contribution is -0.120. The predicted molar refractivity (Wildman–Crippen MR) is 96.8 cm³/mol. The molecule has 2 aromatic carbocycles. The molecule has 0 unspecified atom stereocenters. The zero-order valence-electron chi connectivity index (χ0n) is 14.0. The Morgan fingerprint density at radius 1 is 1.19 bits per heavy atom. The zero-order chi connectivity index (χ0) is 19.8. The van der Waals surface area contributed by atoms with Crippen molar-refractivity contribution in [3.8, 4) is 11.8 Å². The quantitative estimate of drug-likeness (QED) is 0.504. The number of hydrogen-bond donors (Lipinski definition) is 3. The summed E-state index contributed by atoms with van der Waals surface area (Å²) in [5, 5.41) is 20.7. The van der Waals surface area contributed by atoms with E-state index in [2.05, 4.69) is 5.32 Å². The highest BCUT2D eigenvalue weighted by atomic mass is 16.5. The molecule has 0 bridgehead atoms. The Labute approximate surface area is 154 Å². The number of nitrogens with zero attached hydrogens (tertiary/aromatic N) is 1. The highest BCUT2D eigenvalue weighted by Crippen LogP contribution is 2.16. The van der Waals surface area contributed by atoms with Crippen molar-refractivity contribution in [1.82, 2.24) is 0 Å². The second-order valence-electron chi connectivity index (χ2n) is 5.33. The Hall–Kier alpha value is -4.12. The number of anilines is 1. The number of carboxylic acids is 1. The van der Waals surface area contributed by atoms with Crippen molar-refractivity contribution in [3.05, 3.63) is 65.2 Å². The number of benzene rings is 2. The zero-order valence-corrected chi connectivity index (χ0v) is 14.0. The number of rotatable bonds is 7. The molecule has 27 heavy (non-hydrogen) atoms. The van der Waals surface area contributed by atoms with Crippen molar-refractivity contribution in [3.63, 3.8) is 0 Å². The largest absolute Gasteiger partial charge is 0.484 e. The van der Waals surface area contributed by atoms with Crippen LogP contribution >= 0.6 is 0 Å². The van der Waals surface area contributed by atoms with E-state index in [4.69, 9.17) is 15.6 Å². The number of ether oxygens (including phenoxy) is 1. The molecule has 0 saturated heterocycles. The van der Waals surface area contributed by atoms with Crippen LogP contribution in [0.25, 0.3) is 6.08 Å². The maximum Gasteiger partial charge on any atom is 0.335 e. The van der Waals surface area contributed by atoms with E-state index in [9.17, 15) is 19.6 Å². The molecule has 0 aliphatic heterocycles. The maximum absolute atomic E-state index is 12.2. The number of nitrogens with one attached hydrogen (secondary N) is 1. The van der Waals surface area contributed by atoms with Gasteiger partial charge in [-0.15, -0.1) is 0 Å². The number of nitrogens with two attached hydrogens (primary N) is 1. The van der Waals surface area contributed by atoms with Gasteiger partial charge in [-0.25, -0.2) is 4.79 Å². The van der Waals surface area contributed by atoms with Crippen LogP contribution in [0.5, 0.6) is 5.75 Å². The number of nitriles is 1. The molecule has 2 rings (SSSR count). The summed E-state index contributed by atoms with van der Waals surface area (Å²) in [6.07, 6.45) is 1.37. The van der Waals surface area contributed by atoms with Gasteiger partial charge < -0.3 is 20.9 Å². The number of hydrogen-bond acceptors (Lipinski definition) is 5. The van der Waals surface area contributed by atoms with E-state index in [0.717, 1.165) is 0 Å². The molecule has 2 amide bonds. The Kier molecular flexibility index (Phi) is 6.28. The smallest absolute Gasteiger partial charge is 0.335 e. The minimum absolute atomic E-state index is 0.0156. The molecule has 0 spiro atoms. The lowest BCUT2D eigenvalue weighted by atomic mass is 10.1. The van der Waals surface area contributed by atoms with E-state index in [1.807, 2.05) is 0 Å². The molecule has 136 valence electrons. The number of aromatic carboxylic acids is 1. The average Bonchev–Trinajstić information content (AvgIpc) is 2.65. The fourth-order valence-corrected chi connectivity index (χ4v) is 2.06. The number of carboxylic acid groups (broad SMARTS) is 1. The third-order valence-electron chi connectivity index (χ3n) is 3.30. The summed E-state index contributed by atoms with van der Waals surface area (Å²) < 4.78 is 5.12. The van der Waals surface area contributed by atoms with Gasteiger partial charge in [0.2, 0.25) is 0 Å².